The van der Waals surface area contributed by atoms with Crippen LogP contribution in [0, 0.1) is 5.92 Å². The Labute approximate surface area is 125 Å². The summed E-state index contributed by atoms with van der Waals surface area (Å²) in [4.78, 5) is 25.5. The Hall–Kier alpha value is -1.88. The van der Waals surface area contributed by atoms with Crippen LogP contribution in [0.4, 0.5) is 5.69 Å². The van der Waals surface area contributed by atoms with Crippen molar-refractivity contribution in [3.63, 3.8) is 0 Å². The fourth-order valence-electron chi connectivity index (χ4n) is 2.56. The van der Waals surface area contributed by atoms with Crippen LogP contribution < -0.4 is 10.6 Å². The number of nitrogens with one attached hydrogen (secondary N) is 2. The highest BCUT2D eigenvalue weighted by molar-refractivity contribution is 5.97. The maximum atomic E-state index is 12.1. The Morgan fingerprint density at radius 3 is 2.86 bits per heavy atom. The van der Waals surface area contributed by atoms with Gasteiger partial charge in [0.25, 0.3) is 5.91 Å². The van der Waals surface area contributed by atoms with E-state index in [1.165, 1.54) is 4.90 Å². The summed E-state index contributed by atoms with van der Waals surface area (Å²) in [6.07, 6.45) is 2.75. The van der Waals surface area contributed by atoms with Crippen molar-refractivity contribution in [2.24, 2.45) is 5.92 Å². The molecule has 0 aliphatic carbocycles. The first-order valence-electron chi connectivity index (χ1n) is 7.38. The van der Waals surface area contributed by atoms with Crippen LogP contribution in [0.2, 0.25) is 0 Å². The summed E-state index contributed by atoms with van der Waals surface area (Å²) in [5, 5.41) is 6.20. The summed E-state index contributed by atoms with van der Waals surface area (Å²) >= 11 is 0. The van der Waals surface area contributed by atoms with Crippen molar-refractivity contribution >= 4 is 17.5 Å². The minimum atomic E-state index is -0.0671. The molecular formula is C16H23N3O2. The highest BCUT2D eigenvalue weighted by atomic mass is 16.2. The van der Waals surface area contributed by atoms with E-state index in [0.29, 0.717) is 23.6 Å². The Balaban J connectivity index is 1.94. The standard InChI is InChI=1S/C16H23N3O2/c1-19(2)16(21)13-6-3-7-14(10-13)18-15(20)9-12-5-4-8-17-11-12/h3,6-7,10,12,17H,4-5,8-9,11H2,1-2H3,(H,18,20). The molecule has 21 heavy (non-hydrogen) atoms. The topological polar surface area (TPSA) is 61.4 Å². The maximum absolute atomic E-state index is 12.1. The first kappa shape index (κ1) is 15.5. The van der Waals surface area contributed by atoms with Gasteiger partial charge in [-0.2, -0.15) is 0 Å². The van der Waals surface area contributed by atoms with Crippen LogP contribution in [-0.4, -0.2) is 43.9 Å². The highest BCUT2D eigenvalue weighted by Gasteiger charge is 2.17. The fourth-order valence-corrected chi connectivity index (χ4v) is 2.56. The Kier molecular flexibility index (Phi) is 5.33. The Morgan fingerprint density at radius 1 is 1.38 bits per heavy atom. The van der Waals surface area contributed by atoms with Crippen LogP contribution in [0.15, 0.2) is 24.3 Å². The molecule has 1 saturated heterocycles. The number of piperidine rings is 1. The molecule has 0 radical (unpaired) electrons. The highest BCUT2D eigenvalue weighted by Crippen LogP contribution is 2.16. The number of hydrogen-bond donors (Lipinski definition) is 2. The Morgan fingerprint density at radius 2 is 2.19 bits per heavy atom. The summed E-state index contributed by atoms with van der Waals surface area (Å²) in [6, 6.07) is 7.07. The molecule has 1 fully saturated rings. The van der Waals surface area contributed by atoms with Crippen molar-refractivity contribution in [2.45, 2.75) is 19.3 Å². The van der Waals surface area contributed by atoms with Gasteiger partial charge in [0, 0.05) is 31.8 Å². The van der Waals surface area contributed by atoms with Crippen molar-refractivity contribution in [2.75, 3.05) is 32.5 Å². The molecule has 5 heteroatoms. The molecule has 1 heterocycles. The van der Waals surface area contributed by atoms with Crippen molar-refractivity contribution in [1.29, 1.82) is 0 Å². The molecule has 1 aliphatic rings. The Bertz CT molecular complexity index is 508. The molecule has 1 unspecified atom stereocenters. The summed E-state index contributed by atoms with van der Waals surface area (Å²) < 4.78 is 0. The third-order valence-corrected chi connectivity index (χ3v) is 3.67. The van der Waals surface area contributed by atoms with Gasteiger partial charge in [-0.1, -0.05) is 6.07 Å². The zero-order chi connectivity index (χ0) is 15.2. The molecule has 1 aromatic rings. The van der Waals surface area contributed by atoms with Crippen LogP contribution >= 0.6 is 0 Å². The van der Waals surface area contributed by atoms with Gasteiger partial charge in [0.15, 0.2) is 0 Å². The normalized spacial score (nSPS) is 18.1. The van der Waals surface area contributed by atoms with Crippen molar-refractivity contribution in [3.8, 4) is 0 Å². The minimum absolute atomic E-state index is 0.0122. The molecule has 0 spiro atoms. The summed E-state index contributed by atoms with van der Waals surface area (Å²) in [7, 11) is 3.42. The smallest absolute Gasteiger partial charge is 0.253 e. The molecule has 2 rings (SSSR count). The molecule has 1 aromatic carbocycles. The van der Waals surface area contributed by atoms with E-state index in [0.717, 1.165) is 25.9 Å². The first-order valence-corrected chi connectivity index (χ1v) is 7.38. The number of nitrogens with zero attached hydrogens (tertiary/aromatic N) is 1. The van der Waals surface area contributed by atoms with Gasteiger partial charge in [-0.25, -0.2) is 0 Å². The molecule has 0 aromatic heterocycles. The average Bonchev–Trinajstić information content (AvgIpc) is 2.47. The van der Waals surface area contributed by atoms with Crippen LogP contribution in [0.5, 0.6) is 0 Å². The van der Waals surface area contributed by atoms with Gasteiger partial charge >= 0.3 is 0 Å². The van der Waals surface area contributed by atoms with Gasteiger partial charge < -0.3 is 15.5 Å². The zero-order valence-corrected chi connectivity index (χ0v) is 12.7. The van der Waals surface area contributed by atoms with E-state index in [4.69, 9.17) is 0 Å². The van der Waals surface area contributed by atoms with Gasteiger partial charge in [-0.3, -0.25) is 9.59 Å². The van der Waals surface area contributed by atoms with Gasteiger partial charge in [0.1, 0.15) is 0 Å². The zero-order valence-electron chi connectivity index (χ0n) is 12.7. The summed E-state index contributed by atoms with van der Waals surface area (Å²) in [5.41, 5.74) is 1.26. The van der Waals surface area contributed by atoms with E-state index >= 15 is 0 Å². The van der Waals surface area contributed by atoms with E-state index in [1.807, 2.05) is 6.07 Å². The predicted octanol–water partition coefficient (Wildman–Crippen LogP) is 1.72. The number of carbonyl (C=O) groups excluding carboxylic acids is 2. The third kappa shape index (κ3) is 4.56. The lowest BCUT2D eigenvalue weighted by atomic mass is 9.96. The van der Waals surface area contributed by atoms with Crippen LogP contribution in [0.1, 0.15) is 29.6 Å². The van der Waals surface area contributed by atoms with Crippen LogP contribution in [0.25, 0.3) is 0 Å². The minimum Gasteiger partial charge on any atom is -0.345 e. The molecule has 0 saturated carbocycles. The lowest BCUT2D eigenvalue weighted by Crippen LogP contribution is -2.32. The number of anilines is 1. The lowest BCUT2D eigenvalue weighted by molar-refractivity contribution is -0.117. The van der Waals surface area contributed by atoms with Crippen molar-refractivity contribution in [1.82, 2.24) is 10.2 Å². The van der Waals surface area contributed by atoms with E-state index in [1.54, 1.807) is 32.3 Å². The van der Waals surface area contributed by atoms with Crippen LogP contribution in [0.3, 0.4) is 0 Å². The quantitative estimate of drug-likeness (QED) is 0.887. The van der Waals surface area contributed by atoms with Crippen molar-refractivity contribution in [3.05, 3.63) is 29.8 Å². The van der Waals surface area contributed by atoms with Gasteiger partial charge in [-0.15, -0.1) is 0 Å². The van der Waals surface area contributed by atoms with Gasteiger partial charge in [0.2, 0.25) is 5.91 Å². The number of benzene rings is 1. The maximum Gasteiger partial charge on any atom is 0.253 e. The van der Waals surface area contributed by atoms with Crippen molar-refractivity contribution < 1.29 is 9.59 Å². The number of rotatable bonds is 4. The largest absolute Gasteiger partial charge is 0.345 e. The number of carbonyl (C=O) groups is 2. The summed E-state index contributed by atoms with van der Waals surface area (Å²) in [6.45, 7) is 1.96. The monoisotopic (exact) mass is 289 g/mol. The SMILES string of the molecule is CN(C)C(=O)c1cccc(NC(=O)CC2CCCNC2)c1. The number of amides is 2. The molecule has 1 atom stereocenters. The van der Waals surface area contributed by atoms with E-state index in [9.17, 15) is 9.59 Å². The summed E-state index contributed by atoms with van der Waals surface area (Å²) in [5.74, 6) is 0.353. The first-order chi connectivity index (χ1) is 10.1. The fraction of sp³-hybridized carbons (Fsp3) is 0.500. The second-order valence-corrected chi connectivity index (χ2v) is 5.75. The van der Waals surface area contributed by atoms with Crippen LogP contribution in [-0.2, 0) is 4.79 Å². The van der Waals surface area contributed by atoms with Gasteiger partial charge in [0.05, 0.1) is 0 Å². The molecule has 114 valence electrons. The molecular weight excluding hydrogens is 266 g/mol. The second kappa shape index (κ2) is 7.22. The van der Waals surface area contributed by atoms with E-state index in [2.05, 4.69) is 10.6 Å². The molecule has 1 aliphatic heterocycles. The molecule has 5 nitrogen and oxygen atoms in total. The molecule has 2 amide bonds. The third-order valence-electron chi connectivity index (χ3n) is 3.67. The van der Waals surface area contributed by atoms with Gasteiger partial charge in [-0.05, 0) is 50.0 Å². The van der Waals surface area contributed by atoms with E-state index < -0.39 is 0 Å². The lowest BCUT2D eigenvalue weighted by Gasteiger charge is -2.22. The predicted molar refractivity (Wildman–Crippen MR) is 83.3 cm³/mol. The average molecular weight is 289 g/mol. The second-order valence-electron chi connectivity index (χ2n) is 5.75. The van der Waals surface area contributed by atoms with E-state index in [-0.39, 0.29) is 11.8 Å². The molecule has 2 N–H and O–H groups in total. The number of hydrogen-bond acceptors (Lipinski definition) is 3. The molecule has 0 bridgehead atoms.